The average molecular weight is 443 g/mol. The standard InChI is InChI=1S/C31H54O/c1-20(2)21-12-15-28(5)18-19-30(7)22(26(21)28)10-11-24-29(6)16-14-25(32-9)27(3,4)23(29)13-17-31(24,30)8/h20-26H,10-19H2,1-9H3/t21-,22+,23-,24+,25-,26-,28+,29-,30+,31+/m0/s1. The first-order valence-electron chi connectivity index (χ1n) is 14.4. The smallest absolute Gasteiger partial charge is 0.0625 e. The Bertz CT molecular complexity index is 739. The van der Waals surface area contributed by atoms with E-state index in [1.807, 2.05) is 7.11 Å². The monoisotopic (exact) mass is 442 g/mol. The van der Waals surface area contributed by atoms with E-state index in [1.165, 1.54) is 64.2 Å². The van der Waals surface area contributed by atoms with Crippen LogP contribution in [0.5, 0.6) is 0 Å². The summed E-state index contributed by atoms with van der Waals surface area (Å²) in [6.45, 7) is 21.2. The normalized spacial score (nSPS) is 56.8. The molecule has 5 rings (SSSR count). The second kappa shape index (κ2) is 7.24. The summed E-state index contributed by atoms with van der Waals surface area (Å²) in [5.74, 6) is 5.47. The number of hydrogen-bond acceptors (Lipinski definition) is 1. The highest BCUT2D eigenvalue weighted by Gasteiger charge is 2.70. The summed E-state index contributed by atoms with van der Waals surface area (Å²) in [5, 5.41) is 0. The summed E-state index contributed by atoms with van der Waals surface area (Å²) in [6.07, 6.45) is 15.0. The van der Waals surface area contributed by atoms with Gasteiger partial charge in [-0.2, -0.15) is 0 Å². The third-order valence-corrected chi connectivity index (χ3v) is 14.0. The van der Waals surface area contributed by atoms with Crippen molar-refractivity contribution in [2.24, 2.45) is 62.6 Å². The SMILES string of the molecule is CO[C@H]1CC[C@]2(C)[C@H]3CC[C@@H]4[C@@H]5[C@H](C(C)C)CC[C@]5(C)CC[C@@]4(C)[C@]3(C)CC[C@H]2C1(C)C. The molecule has 5 aliphatic carbocycles. The summed E-state index contributed by atoms with van der Waals surface area (Å²) < 4.78 is 6.06. The maximum Gasteiger partial charge on any atom is 0.0625 e. The lowest BCUT2D eigenvalue weighted by Crippen LogP contribution is -2.66. The molecule has 184 valence electrons. The lowest BCUT2D eigenvalue weighted by atomic mass is 9.32. The Morgan fingerprint density at radius 2 is 1.41 bits per heavy atom. The summed E-state index contributed by atoms with van der Waals surface area (Å²) in [5.41, 5.74) is 2.48. The molecule has 5 aliphatic rings. The molecular weight excluding hydrogens is 388 g/mol. The van der Waals surface area contributed by atoms with Crippen molar-refractivity contribution in [1.82, 2.24) is 0 Å². The number of hydrogen-bond donors (Lipinski definition) is 0. The van der Waals surface area contributed by atoms with Crippen LogP contribution in [0.2, 0.25) is 0 Å². The third-order valence-electron chi connectivity index (χ3n) is 14.0. The van der Waals surface area contributed by atoms with Crippen LogP contribution in [0.4, 0.5) is 0 Å². The zero-order valence-electron chi connectivity index (χ0n) is 23.0. The predicted molar refractivity (Wildman–Crippen MR) is 135 cm³/mol. The summed E-state index contributed by atoms with van der Waals surface area (Å²) >= 11 is 0. The van der Waals surface area contributed by atoms with Gasteiger partial charge in [0, 0.05) is 7.11 Å². The molecule has 0 N–H and O–H groups in total. The van der Waals surface area contributed by atoms with Gasteiger partial charge in [-0.05, 0) is 127 Å². The molecular formula is C31H54O. The fourth-order valence-corrected chi connectivity index (χ4v) is 12.1. The van der Waals surface area contributed by atoms with Crippen LogP contribution in [-0.4, -0.2) is 13.2 Å². The van der Waals surface area contributed by atoms with Crippen LogP contribution in [0, 0.1) is 62.6 Å². The van der Waals surface area contributed by atoms with Crippen molar-refractivity contribution in [3.05, 3.63) is 0 Å². The second-order valence-electron chi connectivity index (χ2n) is 15.4. The van der Waals surface area contributed by atoms with Crippen LogP contribution in [0.3, 0.4) is 0 Å². The van der Waals surface area contributed by atoms with E-state index >= 15 is 0 Å². The Labute approximate surface area is 200 Å². The van der Waals surface area contributed by atoms with E-state index in [1.54, 1.807) is 0 Å². The molecule has 32 heavy (non-hydrogen) atoms. The minimum Gasteiger partial charge on any atom is -0.381 e. The van der Waals surface area contributed by atoms with Crippen LogP contribution in [0.1, 0.15) is 120 Å². The van der Waals surface area contributed by atoms with E-state index < -0.39 is 0 Å². The molecule has 0 bridgehead atoms. The molecule has 0 aromatic rings. The molecule has 0 aromatic carbocycles. The molecule has 0 spiro atoms. The highest BCUT2D eigenvalue weighted by Crippen LogP contribution is 2.77. The number of fused-ring (bicyclic) bond motifs is 7. The molecule has 0 amide bonds. The highest BCUT2D eigenvalue weighted by molar-refractivity contribution is 5.19. The summed E-state index contributed by atoms with van der Waals surface area (Å²) in [4.78, 5) is 0. The van der Waals surface area contributed by atoms with Crippen LogP contribution in [0.15, 0.2) is 0 Å². The van der Waals surface area contributed by atoms with Crippen molar-refractivity contribution in [1.29, 1.82) is 0 Å². The van der Waals surface area contributed by atoms with Crippen LogP contribution in [-0.2, 0) is 4.74 Å². The van der Waals surface area contributed by atoms with Crippen molar-refractivity contribution >= 4 is 0 Å². The van der Waals surface area contributed by atoms with E-state index in [4.69, 9.17) is 4.74 Å². The fourth-order valence-electron chi connectivity index (χ4n) is 12.1. The van der Waals surface area contributed by atoms with E-state index in [2.05, 4.69) is 55.4 Å². The van der Waals surface area contributed by atoms with Crippen molar-refractivity contribution in [2.75, 3.05) is 7.11 Å². The Balaban J connectivity index is 1.52. The summed E-state index contributed by atoms with van der Waals surface area (Å²) in [7, 11) is 1.96. The van der Waals surface area contributed by atoms with E-state index in [9.17, 15) is 0 Å². The second-order valence-corrected chi connectivity index (χ2v) is 15.4. The Kier molecular flexibility index (Phi) is 5.36. The van der Waals surface area contributed by atoms with Crippen LogP contribution < -0.4 is 0 Å². The Morgan fingerprint density at radius 3 is 2.06 bits per heavy atom. The van der Waals surface area contributed by atoms with Gasteiger partial charge >= 0.3 is 0 Å². The first-order chi connectivity index (χ1) is 14.8. The number of ether oxygens (including phenoxy) is 1. The predicted octanol–water partition coefficient (Wildman–Crippen LogP) is 8.76. The first kappa shape index (κ1) is 23.7. The quantitative estimate of drug-likeness (QED) is 0.415. The zero-order valence-corrected chi connectivity index (χ0v) is 23.0. The largest absolute Gasteiger partial charge is 0.381 e. The Morgan fingerprint density at radius 1 is 0.688 bits per heavy atom. The molecule has 10 atom stereocenters. The van der Waals surface area contributed by atoms with Crippen molar-refractivity contribution in [3.63, 3.8) is 0 Å². The zero-order chi connectivity index (χ0) is 23.3. The van der Waals surface area contributed by atoms with Gasteiger partial charge in [-0.1, -0.05) is 55.4 Å². The summed E-state index contributed by atoms with van der Waals surface area (Å²) in [6, 6.07) is 0. The van der Waals surface area contributed by atoms with Gasteiger partial charge < -0.3 is 4.74 Å². The van der Waals surface area contributed by atoms with Gasteiger partial charge in [-0.15, -0.1) is 0 Å². The molecule has 0 radical (unpaired) electrons. The topological polar surface area (TPSA) is 9.23 Å². The lowest BCUT2D eigenvalue weighted by Gasteiger charge is -2.73. The van der Waals surface area contributed by atoms with Gasteiger partial charge in [0.25, 0.3) is 0 Å². The molecule has 0 aromatic heterocycles. The fraction of sp³-hybridized carbons (Fsp3) is 1.00. The van der Waals surface area contributed by atoms with Crippen LogP contribution >= 0.6 is 0 Å². The molecule has 5 saturated carbocycles. The minimum atomic E-state index is 0.306. The van der Waals surface area contributed by atoms with Crippen molar-refractivity contribution < 1.29 is 4.74 Å². The van der Waals surface area contributed by atoms with Gasteiger partial charge in [0.15, 0.2) is 0 Å². The number of rotatable bonds is 2. The Hall–Kier alpha value is -0.0400. The van der Waals surface area contributed by atoms with Gasteiger partial charge in [0.1, 0.15) is 0 Å². The maximum atomic E-state index is 6.06. The molecule has 0 unspecified atom stereocenters. The first-order valence-corrected chi connectivity index (χ1v) is 14.4. The molecule has 5 fully saturated rings. The minimum absolute atomic E-state index is 0.306. The van der Waals surface area contributed by atoms with Gasteiger partial charge in [0.05, 0.1) is 6.10 Å². The molecule has 0 aliphatic heterocycles. The van der Waals surface area contributed by atoms with E-state index in [0.29, 0.717) is 33.2 Å². The molecule has 0 heterocycles. The molecule has 1 nitrogen and oxygen atoms in total. The van der Waals surface area contributed by atoms with E-state index in [-0.39, 0.29) is 0 Å². The van der Waals surface area contributed by atoms with Crippen molar-refractivity contribution in [3.8, 4) is 0 Å². The van der Waals surface area contributed by atoms with E-state index in [0.717, 1.165) is 35.5 Å². The molecule has 1 heteroatoms. The average Bonchev–Trinajstić information content (AvgIpc) is 3.06. The third kappa shape index (κ3) is 2.79. The van der Waals surface area contributed by atoms with Gasteiger partial charge in [0.2, 0.25) is 0 Å². The maximum absolute atomic E-state index is 6.06. The number of methoxy groups -OCH3 is 1. The van der Waals surface area contributed by atoms with Crippen molar-refractivity contribution in [2.45, 2.75) is 126 Å². The van der Waals surface area contributed by atoms with Gasteiger partial charge in [-0.3, -0.25) is 0 Å². The lowest BCUT2D eigenvalue weighted by molar-refractivity contribution is -0.249. The van der Waals surface area contributed by atoms with Gasteiger partial charge in [-0.25, -0.2) is 0 Å². The molecule has 0 saturated heterocycles. The highest BCUT2D eigenvalue weighted by atomic mass is 16.5. The van der Waals surface area contributed by atoms with Crippen LogP contribution in [0.25, 0.3) is 0 Å².